The van der Waals surface area contributed by atoms with E-state index in [1.165, 1.54) is 0 Å². The Hall–Kier alpha value is -2.37. The Morgan fingerprint density at radius 3 is 2.71 bits per heavy atom. The molecule has 0 saturated carbocycles. The van der Waals surface area contributed by atoms with E-state index in [4.69, 9.17) is 38.1 Å². The number of aliphatic imine (C=N–C) groups is 1. The Bertz CT molecular complexity index is 921. The van der Waals surface area contributed by atoms with Crippen molar-refractivity contribution >= 4 is 51.5 Å². The third kappa shape index (κ3) is 2.77. The minimum Gasteiger partial charge on any atom is -0.495 e. The number of nitrogens with zero attached hydrogens (tertiary/aromatic N) is 2. The molecule has 0 unspecified atom stereocenters. The highest BCUT2D eigenvalue weighted by Gasteiger charge is 2.23. The summed E-state index contributed by atoms with van der Waals surface area (Å²) >= 11 is 12.4. The van der Waals surface area contributed by atoms with Gasteiger partial charge >= 0.3 is 0 Å². The molecule has 1 heterocycles. The van der Waals surface area contributed by atoms with Gasteiger partial charge in [0.15, 0.2) is 0 Å². The van der Waals surface area contributed by atoms with Crippen molar-refractivity contribution < 1.29 is 9.15 Å². The van der Waals surface area contributed by atoms with Crippen LogP contribution in [0.2, 0.25) is 10.0 Å². The topological polar surface area (TPSA) is 64.0 Å². The van der Waals surface area contributed by atoms with Gasteiger partial charge in [-0.2, -0.15) is 0 Å². The van der Waals surface area contributed by atoms with E-state index in [0.717, 1.165) is 10.8 Å². The fraction of sp³-hybridized carbons (Fsp3) is 0.118. The average molecular weight is 364 g/mol. The number of halogens is 2. The number of anilines is 2. The van der Waals surface area contributed by atoms with Gasteiger partial charge in [0.2, 0.25) is 11.8 Å². The van der Waals surface area contributed by atoms with Gasteiger partial charge in [-0.1, -0.05) is 29.3 Å². The highest BCUT2D eigenvalue weighted by molar-refractivity contribution is 6.36. The number of ether oxygens (including phenoxy) is 1. The Labute approximate surface area is 149 Å². The lowest BCUT2D eigenvalue weighted by atomic mass is 10.2. The molecule has 7 heteroatoms. The van der Waals surface area contributed by atoms with Crippen LogP contribution < -0.4 is 15.4 Å². The normalized spacial score (nSPS) is 11.8. The summed E-state index contributed by atoms with van der Waals surface area (Å²) in [7, 11) is 3.17. The van der Waals surface area contributed by atoms with Crippen LogP contribution in [0, 0.1) is 0 Å². The van der Waals surface area contributed by atoms with Gasteiger partial charge in [0, 0.05) is 22.8 Å². The van der Waals surface area contributed by atoms with Gasteiger partial charge in [-0.25, -0.2) is 4.90 Å². The maximum Gasteiger partial charge on any atom is 0.214 e. The molecule has 24 heavy (non-hydrogen) atoms. The third-order valence-corrected chi connectivity index (χ3v) is 4.18. The van der Waals surface area contributed by atoms with E-state index in [0.29, 0.717) is 27.4 Å². The summed E-state index contributed by atoms with van der Waals surface area (Å²) in [5, 5.41) is 2.71. The predicted molar refractivity (Wildman–Crippen MR) is 98.9 cm³/mol. The smallest absolute Gasteiger partial charge is 0.214 e. The maximum atomic E-state index is 6.23. The van der Waals surface area contributed by atoms with E-state index in [1.807, 2.05) is 12.1 Å². The molecule has 0 fully saturated rings. The second-order valence-electron chi connectivity index (χ2n) is 4.98. The van der Waals surface area contributed by atoms with Gasteiger partial charge in [0.1, 0.15) is 12.0 Å². The van der Waals surface area contributed by atoms with E-state index < -0.39 is 0 Å². The molecule has 2 aromatic carbocycles. The van der Waals surface area contributed by atoms with Gasteiger partial charge < -0.3 is 14.9 Å². The standard InChI is InChI=1S/C17H15Cl2N3O2/c1-21-17(20)22(14-8-10(18)6-7-15(14)23-2)16-11-4-3-5-13(19)12(11)9-24-16/h3-9H,1-2H3,(H2,20,21). The highest BCUT2D eigenvalue weighted by Crippen LogP contribution is 2.41. The largest absolute Gasteiger partial charge is 0.495 e. The molecule has 0 atom stereocenters. The number of furan rings is 1. The van der Waals surface area contributed by atoms with E-state index in [9.17, 15) is 0 Å². The summed E-state index contributed by atoms with van der Waals surface area (Å²) in [6.45, 7) is 0. The van der Waals surface area contributed by atoms with E-state index in [2.05, 4.69) is 4.99 Å². The van der Waals surface area contributed by atoms with Crippen molar-refractivity contribution in [1.29, 1.82) is 0 Å². The van der Waals surface area contributed by atoms with Crippen LogP contribution in [0.1, 0.15) is 0 Å². The minimum atomic E-state index is 0.229. The minimum absolute atomic E-state index is 0.229. The molecule has 0 radical (unpaired) electrons. The summed E-state index contributed by atoms with van der Waals surface area (Å²) in [5.74, 6) is 1.29. The first-order chi connectivity index (χ1) is 11.6. The zero-order chi connectivity index (χ0) is 17.3. The quantitative estimate of drug-likeness (QED) is 0.534. The lowest BCUT2D eigenvalue weighted by Gasteiger charge is -2.23. The van der Waals surface area contributed by atoms with Crippen LogP contribution in [0.5, 0.6) is 5.75 Å². The number of guanidine groups is 1. The van der Waals surface area contributed by atoms with Gasteiger partial charge in [0.05, 0.1) is 17.8 Å². The summed E-state index contributed by atoms with van der Waals surface area (Å²) in [4.78, 5) is 5.73. The van der Waals surface area contributed by atoms with Crippen LogP contribution in [0.15, 0.2) is 52.1 Å². The van der Waals surface area contributed by atoms with Crippen molar-refractivity contribution in [2.45, 2.75) is 0 Å². The van der Waals surface area contributed by atoms with Crippen molar-refractivity contribution in [3.63, 3.8) is 0 Å². The van der Waals surface area contributed by atoms with Crippen molar-refractivity contribution in [3.05, 3.63) is 52.7 Å². The molecular weight excluding hydrogens is 349 g/mol. The SMILES string of the molecule is CN=C(N)N(c1cc(Cl)ccc1OC)c1occ2c(Cl)cccc12. The first-order valence-electron chi connectivity index (χ1n) is 7.08. The molecule has 1 aromatic heterocycles. The predicted octanol–water partition coefficient (Wildman–Crippen LogP) is 4.83. The number of rotatable bonds is 3. The highest BCUT2D eigenvalue weighted by atomic mass is 35.5. The molecule has 124 valence electrons. The lowest BCUT2D eigenvalue weighted by Crippen LogP contribution is -2.33. The average Bonchev–Trinajstić information content (AvgIpc) is 3.00. The lowest BCUT2D eigenvalue weighted by molar-refractivity contribution is 0.415. The van der Waals surface area contributed by atoms with Gasteiger partial charge in [-0.15, -0.1) is 0 Å². The molecule has 0 aliphatic carbocycles. The van der Waals surface area contributed by atoms with E-state index in [-0.39, 0.29) is 5.96 Å². The summed E-state index contributed by atoms with van der Waals surface area (Å²) < 4.78 is 11.2. The van der Waals surface area contributed by atoms with Crippen molar-refractivity contribution in [1.82, 2.24) is 0 Å². The van der Waals surface area contributed by atoms with Crippen LogP contribution in [-0.4, -0.2) is 20.1 Å². The molecule has 0 aliphatic rings. The van der Waals surface area contributed by atoms with Crippen LogP contribution in [0.3, 0.4) is 0 Å². The Morgan fingerprint density at radius 2 is 2.00 bits per heavy atom. The summed E-state index contributed by atoms with van der Waals surface area (Å²) in [6.07, 6.45) is 1.58. The fourth-order valence-corrected chi connectivity index (χ4v) is 2.85. The Kier molecular flexibility index (Phi) is 4.55. The second kappa shape index (κ2) is 6.63. The monoisotopic (exact) mass is 363 g/mol. The maximum absolute atomic E-state index is 6.23. The molecule has 5 nitrogen and oxygen atoms in total. The van der Waals surface area contributed by atoms with Gasteiger partial charge in [-0.05, 0) is 30.3 Å². The molecule has 3 rings (SSSR count). The zero-order valence-electron chi connectivity index (χ0n) is 13.1. The summed E-state index contributed by atoms with van der Waals surface area (Å²) in [5.41, 5.74) is 6.74. The molecule has 0 aliphatic heterocycles. The zero-order valence-corrected chi connectivity index (χ0v) is 14.6. The molecular formula is C17H15Cl2N3O2. The second-order valence-corrected chi connectivity index (χ2v) is 5.82. The first kappa shape index (κ1) is 16.5. The van der Waals surface area contributed by atoms with Crippen LogP contribution in [0.25, 0.3) is 10.8 Å². The van der Waals surface area contributed by atoms with Crippen LogP contribution in [-0.2, 0) is 0 Å². The Balaban J connectivity index is 2.28. The molecule has 0 spiro atoms. The van der Waals surface area contributed by atoms with Gasteiger partial charge in [-0.3, -0.25) is 4.99 Å². The number of methoxy groups -OCH3 is 1. The number of hydrogen-bond donors (Lipinski definition) is 1. The number of nitrogens with two attached hydrogens (primary N) is 1. The number of hydrogen-bond acceptors (Lipinski definition) is 3. The third-order valence-electron chi connectivity index (χ3n) is 3.61. The van der Waals surface area contributed by atoms with Crippen molar-refractivity contribution in [2.24, 2.45) is 10.7 Å². The Morgan fingerprint density at radius 1 is 1.21 bits per heavy atom. The van der Waals surface area contributed by atoms with Crippen molar-refractivity contribution in [3.8, 4) is 5.75 Å². The number of benzene rings is 2. The first-order valence-corrected chi connectivity index (χ1v) is 7.84. The van der Waals surface area contributed by atoms with E-state index in [1.54, 1.807) is 49.6 Å². The van der Waals surface area contributed by atoms with E-state index >= 15 is 0 Å². The molecule has 2 N–H and O–H groups in total. The molecule has 0 saturated heterocycles. The number of fused-ring (bicyclic) bond motifs is 1. The molecule has 3 aromatic rings. The molecule has 0 bridgehead atoms. The van der Waals surface area contributed by atoms with Crippen LogP contribution >= 0.6 is 23.2 Å². The van der Waals surface area contributed by atoms with Crippen LogP contribution in [0.4, 0.5) is 11.6 Å². The van der Waals surface area contributed by atoms with Gasteiger partial charge in [0.25, 0.3) is 0 Å². The van der Waals surface area contributed by atoms with Crippen molar-refractivity contribution in [2.75, 3.05) is 19.1 Å². The summed E-state index contributed by atoms with van der Waals surface area (Å²) in [6, 6.07) is 10.8. The molecule has 0 amide bonds. The fourth-order valence-electron chi connectivity index (χ4n) is 2.47.